The molecule has 1 aliphatic heterocycles. The normalized spacial score (nSPS) is 25.0. The molecule has 4 rings (SSSR count). The number of nitrogens with zero attached hydrogens (tertiary/aromatic N) is 1. The summed E-state index contributed by atoms with van der Waals surface area (Å²) in [6.07, 6.45) is 10.7. The maximum absolute atomic E-state index is 12.6. The van der Waals surface area contributed by atoms with E-state index in [4.69, 9.17) is 0 Å². The topological polar surface area (TPSA) is 69.6 Å². The summed E-state index contributed by atoms with van der Waals surface area (Å²) in [5.74, 6) is -0.810. The number of benzene rings is 1. The maximum atomic E-state index is 12.6. The van der Waals surface area contributed by atoms with Crippen molar-refractivity contribution >= 4 is 11.7 Å². The van der Waals surface area contributed by atoms with Crippen molar-refractivity contribution < 1.29 is 14.8 Å². The molecule has 1 amide bonds. The van der Waals surface area contributed by atoms with E-state index in [-0.39, 0.29) is 17.9 Å². The molecule has 1 aromatic rings. The van der Waals surface area contributed by atoms with E-state index in [2.05, 4.69) is 5.32 Å². The van der Waals surface area contributed by atoms with Crippen molar-refractivity contribution in [3.63, 3.8) is 0 Å². The van der Waals surface area contributed by atoms with Gasteiger partial charge in [0.15, 0.2) is 5.78 Å². The Morgan fingerprint density at radius 1 is 1.23 bits per heavy atom. The number of piperidine rings is 1. The van der Waals surface area contributed by atoms with Crippen LogP contribution in [0.5, 0.6) is 0 Å². The van der Waals surface area contributed by atoms with Gasteiger partial charge in [0.2, 0.25) is 0 Å². The van der Waals surface area contributed by atoms with Gasteiger partial charge in [-0.05, 0) is 73.4 Å². The van der Waals surface area contributed by atoms with Crippen molar-refractivity contribution in [1.82, 2.24) is 10.4 Å². The number of aryl methyl sites for hydroxylation is 1. The van der Waals surface area contributed by atoms with Gasteiger partial charge in [-0.3, -0.25) is 14.8 Å². The molecule has 2 N–H and O–H groups in total. The molecular weight excluding hydrogens is 328 g/mol. The van der Waals surface area contributed by atoms with E-state index in [1.165, 1.54) is 30.0 Å². The molecule has 5 heteroatoms. The maximum Gasteiger partial charge on any atom is 0.282 e. The molecular formula is C21H24N2O3. The molecule has 5 nitrogen and oxygen atoms in total. The number of hydrogen-bond donors (Lipinski definition) is 2. The molecule has 0 bridgehead atoms. The Morgan fingerprint density at radius 2 is 2.12 bits per heavy atom. The predicted octanol–water partition coefficient (Wildman–Crippen LogP) is 2.79. The zero-order valence-electron chi connectivity index (χ0n) is 14.8. The largest absolute Gasteiger partial charge is 0.316 e. The molecule has 1 saturated heterocycles. The average Bonchev–Trinajstić information content (AvgIpc) is 2.67. The molecule has 0 aromatic heterocycles. The highest BCUT2D eigenvalue weighted by atomic mass is 16.5. The predicted molar refractivity (Wildman–Crippen MR) is 97.8 cm³/mol. The Bertz CT molecular complexity index is 803. The fraction of sp³-hybridized carbons (Fsp3) is 0.429. The number of amides is 1. The van der Waals surface area contributed by atoms with Gasteiger partial charge in [-0.1, -0.05) is 18.2 Å². The summed E-state index contributed by atoms with van der Waals surface area (Å²) in [5, 5.41) is 14.2. The zero-order chi connectivity index (χ0) is 18.1. The molecule has 1 atom stereocenters. The van der Waals surface area contributed by atoms with Gasteiger partial charge in [0.1, 0.15) is 5.70 Å². The van der Waals surface area contributed by atoms with Crippen molar-refractivity contribution in [2.75, 3.05) is 13.1 Å². The minimum Gasteiger partial charge on any atom is -0.316 e. The van der Waals surface area contributed by atoms with Crippen LogP contribution < -0.4 is 5.32 Å². The van der Waals surface area contributed by atoms with Crippen molar-refractivity contribution in [2.45, 2.75) is 38.5 Å². The molecule has 26 heavy (non-hydrogen) atoms. The lowest BCUT2D eigenvalue weighted by Crippen LogP contribution is -2.43. The highest BCUT2D eigenvalue weighted by Crippen LogP contribution is 2.40. The summed E-state index contributed by atoms with van der Waals surface area (Å²) < 4.78 is 0. The van der Waals surface area contributed by atoms with Gasteiger partial charge < -0.3 is 5.32 Å². The first-order chi connectivity index (χ1) is 12.6. The second-order valence-electron chi connectivity index (χ2n) is 7.66. The van der Waals surface area contributed by atoms with Crippen molar-refractivity contribution in [3.8, 4) is 0 Å². The third kappa shape index (κ3) is 3.13. The fourth-order valence-corrected chi connectivity index (χ4v) is 4.40. The van der Waals surface area contributed by atoms with Crippen LogP contribution in [0.1, 0.15) is 47.2 Å². The van der Waals surface area contributed by atoms with Crippen LogP contribution in [0.2, 0.25) is 0 Å². The number of fused-ring (bicyclic) bond motifs is 1. The molecule has 1 aromatic carbocycles. The molecule has 1 heterocycles. The lowest BCUT2D eigenvalue weighted by Gasteiger charge is -2.41. The minimum absolute atomic E-state index is 0.0300. The third-order valence-corrected chi connectivity index (χ3v) is 5.90. The number of hydroxylamine groups is 2. The summed E-state index contributed by atoms with van der Waals surface area (Å²) in [6, 6.07) is 5.67. The van der Waals surface area contributed by atoms with Gasteiger partial charge in [-0.15, -0.1) is 0 Å². The number of carbonyl (C=O) groups is 2. The van der Waals surface area contributed by atoms with Crippen LogP contribution in [0.3, 0.4) is 0 Å². The third-order valence-electron chi connectivity index (χ3n) is 5.90. The van der Waals surface area contributed by atoms with Crippen LogP contribution >= 0.6 is 0 Å². The Morgan fingerprint density at radius 3 is 2.88 bits per heavy atom. The lowest BCUT2D eigenvalue weighted by atomic mass is 9.67. The van der Waals surface area contributed by atoms with Crippen LogP contribution in [0.15, 0.2) is 42.1 Å². The number of hydrogen-bond acceptors (Lipinski definition) is 4. The number of rotatable bonds is 2. The molecule has 0 unspecified atom stereocenters. The van der Waals surface area contributed by atoms with E-state index in [1.54, 1.807) is 18.2 Å². The average molecular weight is 352 g/mol. The monoisotopic (exact) mass is 352 g/mol. The van der Waals surface area contributed by atoms with E-state index in [1.807, 2.05) is 12.1 Å². The van der Waals surface area contributed by atoms with Gasteiger partial charge in [-0.25, -0.2) is 0 Å². The van der Waals surface area contributed by atoms with Gasteiger partial charge in [-0.2, -0.15) is 5.06 Å². The SMILES string of the molecule is O=C1CC=CC=C1N(O)C(=O)c1ccc2c(c1)CC[C@]1(CCCNC1)C2. The van der Waals surface area contributed by atoms with Crippen molar-refractivity contribution in [3.05, 3.63) is 58.8 Å². The molecule has 2 aliphatic carbocycles. The van der Waals surface area contributed by atoms with E-state index >= 15 is 0 Å². The van der Waals surface area contributed by atoms with E-state index in [0.29, 0.717) is 16.0 Å². The molecule has 1 fully saturated rings. The van der Waals surface area contributed by atoms with E-state index in [0.717, 1.165) is 32.4 Å². The van der Waals surface area contributed by atoms with Crippen LogP contribution in [-0.2, 0) is 17.6 Å². The quantitative estimate of drug-likeness (QED) is 0.634. The molecule has 3 aliphatic rings. The first-order valence-corrected chi connectivity index (χ1v) is 9.34. The van der Waals surface area contributed by atoms with Gasteiger partial charge in [0, 0.05) is 18.5 Å². The highest BCUT2D eigenvalue weighted by Gasteiger charge is 2.36. The van der Waals surface area contributed by atoms with Gasteiger partial charge in [0.05, 0.1) is 0 Å². The van der Waals surface area contributed by atoms with Crippen LogP contribution in [0.25, 0.3) is 0 Å². The molecule has 136 valence electrons. The summed E-state index contributed by atoms with van der Waals surface area (Å²) in [6.45, 7) is 2.18. The molecule has 1 spiro atoms. The second-order valence-corrected chi connectivity index (χ2v) is 7.66. The number of carbonyl (C=O) groups excluding carboxylic acids is 2. The Kier molecular flexibility index (Phi) is 4.51. The summed E-state index contributed by atoms with van der Waals surface area (Å²) in [5.41, 5.74) is 3.29. The Labute approximate surface area is 153 Å². The van der Waals surface area contributed by atoms with E-state index < -0.39 is 5.91 Å². The van der Waals surface area contributed by atoms with Crippen molar-refractivity contribution in [1.29, 1.82) is 0 Å². The van der Waals surface area contributed by atoms with Crippen LogP contribution in [-0.4, -0.2) is 35.1 Å². The zero-order valence-corrected chi connectivity index (χ0v) is 14.8. The van der Waals surface area contributed by atoms with Gasteiger partial charge in [0.25, 0.3) is 5.91 Å². The van der Waals surface area contributed by atoms with E-state index in [9.17, 15) is 14.8 Å². The van der Waals surface area contributed by atoms with Crippen LogP contribution in [0, 0.1) is 5.41 Å². The number of nitrogens with one attached hydrogen (secondary N) is 1. The standard InChI is InChI=1S/C21H24N2O3/c24-19-5-2-1-4-18(19)23(26)20(25)16-6-7-17-13-21(9-3-11-22-14-21)10-8-15(17)12-16/h1-2,4,6-7,12,22,26H,3,5,8-11,13-14H2/t21-/m1/s1. The Balaban J connectivity index is 1.54. The Hall–Kier alpha value is -2.24. The minimum atomic E-state index is -0.553. The number of allylic oxidation sites excluding steroid dienone is 4. The molecule has 0 saturated carbocycles. The van der Waals surface area contributed by atoms with Crippen LogP contribution in [0.4, 0.5) is 0 Å². The molecule has 0 radical (unpaired) electrons. The fourth-order valence-electron chi connectivity index (χ4n) is 4.40. The smallest absolute Gasteiger partial charge is 0.282 e. The van der Waals surface area contributed by atoms with Crippen molar-refractivity contribution in [2.24, 2.45) is 5.41 Å². The van der Waals surface area contributed by atoms with Gasteiger partial charge >= 0.3 is 0 Å². The summed E-state index contributed by atoms with van der Waals surface area (Å²) in [4.78, 5) is 24.5. The number of Topliss-reactive ketones (excluding diaryl/α,β-unsaturated/α-hetero) is 1. The second kappa shape index (κ2) is 6.82. The highest BCUT2D eigenvalue weighted by molar-refractivity contribution is 6.04. The number of ketones is 1. The lowest BCUT2D eigenvalue weighted by molar-refractivity contribution is -0.120. The summed E-state index contributed by atoms with van der Waals surface area (Å²) in [7, 11) is 0. The first-order valence-electron chi connectivity index (χ1n) is 9.34. The first kappa shape index (κ1) is 17.2. The summed E-state index contributed by atoms with van der Waals surface area (Å²) >= 11 is 0.